The number of rotatable bonds is 4. The van der Waals surface area contributed by atoms with Gasteiger partial charge in [-0.05, 0) is 58.1 Å². The predicted octanol–water partition coefficient (Wildman–Crippen LogP) is 4.56. The van der Waals surface area contributed by atoms with Crippen LogP contribution in [0.15, 0.2) is 53.0 Å². The molecular formula is C18H15BrO2. The third-order valence-corrected chi connectivity index (χ3v) is 4.21. The Balaban J connectivity index is 1.82. The summed E-state index contributed by atoms with van der Waals surface area (Å²) in [5, 5.41) is 0. The molecule has 0 radical (unpaired) electrons. The summed E-state index contributed by atoms with van der Waals surface area (Å²) in [5.41, 5.74) is 4.10. The van der Waals surface area contributed by atoms with E-state index in [4.69, 9.17) is 4.74 Å². The molecule has 3 rings (SSSR count). The van der Waals surface area contributed by atoms with Crippen molar-refractivity contribution in [2.24, 2.45) is 0 Å². The minimum atomic E-state index is 0.110. The summed E-state index contributed by atoms with van der Waals surface area (Å²) in [6.45, 7) is 2.14. The van der Waals surface area contributed by atoms with Crippen molar-refractivity contribution < 1.29 is 9.53 Å². The number of carbonyl (C=O) groups is 1. The molecule has 0 fully saturated rings. The summed E-state index contributed by atoms with van der Waals surface area (Å²) in [4.78, 5) is 11.6. The SMILES string of the molecule is CC(=O)C1=CCc2cc(OCc3ccccc3)c(Br)cc21. The van der Waals surface area contributed by atoms with Gasteiger partial charge < -0.3 is 4.74 Å². The molecule has 2 aromatic rings. The molecule has 1 aliphatic carbocycles. The van der Waals surface area contributed by atoms with E-state index in [1.165, 1.54) is 0 Å². The molecule has 0 saturated heterocycles. The van der Waals surface area contributed by atoms with Crippen LogP contribution in [0.4, 0.5) is 0 Å². The first-order chi connectivity index (χ1) is 10.1. The average Bonchev–Trinajstić information content (AvgIpc) is 2.88. The van der Waals surface area contributed by atoms with Gasteiger partial charge in [-0.2, -0.15) is 0 Å². The number of ether oxygens (including phenoxy) is 1. The lowest BCUT2D eigenvalue weighted by Gasteiger charge is -2.11. The van der Waals surface area contributed by atoms with Crippen LogP contribution in [0.3, 0.4) is 0 Å². The maximum Gasteiger partial charge on any atom is 0.160 e. The van der Waals surface area contributed by atoms with Gasteiger partial charge in [0.2, 0.25) is 0 Å². The van der Waals surface area contributed by atoms with E-state index in [2.05, 4.69) is 15.9 Å². The number of benzene rings is 2. The highest BCUT2D eigenvalue weighted by molar-refractivity contribution is 9.10. The molecule has 0 spiro atoms. The maximum atomic E-state index is 11.6. The van der Waals surface area contributed by atoms with Gasteiger partial charge in [-0.15, -0.1) is 0 Å². The molecular weight excluding hydrogens is 328 g/mol. The van der Waals surface area contributed by atoms with E-state index in [-0.39, 0.29) is 5.78 Å². The molecule has 0 aliphatic heterocycles. The van der Waals surface area contributed by atoms with Crippen LogP contribution < -0.4 is 4.74 Å². The summed E-state index contributed by atoms with van der Waals surface area (Å²) >= 11 is 3.54. The minimum Gasteiger partial charge on any atom is -0.488 e. The van der Waals surface area contributed by atoms with Crippen molar-refractivity contribution in [2.45, 2.75) is 20.0 Å². The van der Waals surface area contributed by atoms with Crippen LogP contribution in [0.1, 0.15) is 23.6 Å². The largest absolute Gasteiger partial charge is 0.488 e. The van der Waals surface area contributed by atoms with Gasteiger partial charge in [-0.25, -0.2) is 0 Å². The molecule has 0 bridgehead atoms. The molecule has 2 nitrogen and oxygen atoms in total. The summed E-state index contributed by atoms with van der Waals surface area (Å²) in [6.07, 6.45) is 2.78. The Morgan fingerprint density at radius 2 is 2.00 bits per heavy atom. The summed E-state index contributed by atoms with van der Waals surface area (Å²) < 4.78 is 6.77. The van der Waals surface area contributed by atoms with Crippen molar-refractivity contribution in [1.82, 2.24) is 0 Å². The number of ketones is 1. The number of allylic oxidation sites excluding steroid dienone is 2. The third-order valence-electron chi connectivity index (χ3n) is 3.59. The zero-order valence-corrected chi connectivity index (χ0v) is 13.3. The third kappa shape index (κ3) is 2.93. The summed E-state index contributed by atoms with van der Waals surface area (Å²) in [6, 6.07) is 14.1. The Hall–Kier alpha value is -1.87. The van der Waals surface area contributed by atoms with Gasteiger partial charge in [-0.1, -0.05) is 36.4 Å². The standard InChI is InChI=1S/C18H15BrO2/c1-12(20)15-8-7-14-9-18(17(19)10-16(14)15)21-11-13-5-3-2-4-6-13/h2-6,8-10H,7,11H2,1H3. The highest BCUT2D eigenvalue weighted by Crippen LogP contribution is 2.36. The first-order valence-corrected chi connectivity index (χ1v) is 7.65. The molecule has 0 unspecified atom stereocenters. The van der Waals surface area contributed by atoms with E-state index in [0.29, 0.717) is 6.61 Å². The maximum absolute atomic E-state index is 11.6. The fraction of sp³-hybridized carbons (Fsp3) is 0.167. The lowest BCUT2D eigenvalue weighted by Crippen LogP contribution is -1.99. The molecule has 2 aromatic carbocycles. The Morgan fingerprint density at radius 3 is 2.71 bits per heavy atom. The highest BCUT2D eigenvalue weighted by atomic mass is 79.9. The van der Waals surface area contributed by atoms with E-state index >= 15 is 0 Å². The average molecular weight is 343 g/mol. The van der Waals surface area contributed by atoms with Gasteiger partial charge in [0.05, 0.1) is 4.47 Å². The summed E-state index contributed by atoms with van der Waals surface area (Å²) in [5.74, 6) is 0.925. The molecule has 0 N–H and O–H groups in total. The van der Waals surface area contributed by atoms with E-state index in [9.17, 15) is 4.79 Å². The van der Waals surface area contributed by atoms with Crippen LogP contribution in [0.25, 0.3) is 5.57 Å². The topological polar surface area (TPSA) is 26.3 Å². The monoisotopic (exact) mass is 342 g/mol. The van der Waals surface area contributed by atoms with Crippen LogP contribution in [0.5, 0.6) is 5.75 Å². The van der Waals surface area contributed by atoms with Crippen molar-refractivity contribution in [3.8, 4) is 5.75 Å². The van der Waals surface area contributed by atoms with Gasteiger partial charge in [0, 0.05) is 5.57 Å². The van der Waals surface area contributed by atoms with Crippen LogP contribution >= 0.6 is 15.9 Å². The Labute approximate surface area is 132 Å². The zero-order valence-electron chi connectivity index (χ0n) is 11.7. The van der Waals surface area contributed by atoms with E-state index in [1.54, 1.807) is 6.92 Å². The number of Topliss-reactive ketones (excluding diaryl/α,β-unsaturated/α-hetero) is 1. The molecule has 3 heteroatoms. The predicted molar refractivity (Wildman–Crippen MR) is 87.3 cm³/mol. The molecule has 0 amide bonds. The van der Waals surface area contributed by atoms with Crippen LogP contribution in [-0.4, -0.2) is 5.78 Å². The second kappa shape index (κ2) is 5.86. The lowest BCUT2D eigenvalue weighted by atomic mass is 10.0. The van der Waals surface area contributed by atoms with Crippen molar-refractivity contribution >= 4 is 27.3 Å². The number of halogens is 1. The second-order valence-corrected chi connectivity index (χ2v) is 5.95. The summed E-state index contributed by atoms with van der Waals surface area (Å²) in [7, 11) is 0. The fourth-order valence-corrected chi connectivity index (χ4v) is 2.97. The van der Waals surface area contributed by atoms with Gasteiger partial charge >= 0.3 is 0 Å². The first-order valence-electron chi connectivity index (χ1n) is 6.86. The van der Waals surface area contributed by atoms with Gasteiger partial charge in [0.25, 0.3) is 0 Å². The Bertz CT molecular complexity index is 717. The van der Waals surface area contributed by atoms with Crippen LogP contribution in [0, 0.1) is 0 Å². The van der Waals surface area contributed by atoms with Crippen molar-refractivity contribution in [3.05, 3.63) is 69.7 Å². The van der Waals surface area contributed by atoms with Crippen molar-refractivity contribution in [3.63, 3.8) is 0 Å². The minimum absolute atomic E-state index is 0.110. The van der Waals surface area contributed by atoms with E-state index in [0.717, 1.165) is 38.9 Å². The molecule has 0 aromatic heterocycles. The molecule has 0 atom stereocenters. The zero-order chi connectivity index (χ0) is 14.8. The normalized spacial score (nSPS) is 12.8. The number of fused-ring (bicyclic) bond motifs is 1. The molecule has 106 valence electrons. The molecule has 0 saturated carbocycles. The number of carbonyl (C=O) groups excluding carboxylic acids is 1. The van der Waals surface area contributed by atoms with Crippen molar-refractivity contribution in [2.75, 3.05) is 0 Å². The second-order valence-electron chi connectivity index (χ2n) is 5.09. The molecule has 0 heterocycles. The lowest BCUT2D eigenvalue weighted by molar-refractivity contribution is -0.111. The van der Waals surface area contributed by atoms with Gasteiger partial charge in [0.15, 0.2) is 5.78 Å². The Kier molecular flexibility index (Phi) is 3.93. The number of hydrogen-bond donors (Lipinski definition) is 0. The van der Waals surface area contributed by atoms with Crippen LogP contribution in [0.2, 0.25) is 0 Å². The van der Waals surface area contributed by atoms with Gasteiger partial charge in [0.1, 0.15) is 12.4 Å². The van der Waals surface area contributed by atoms with Gasteiger partial charge in [-0.3, -0.25) is 4.79 Å². The quantitative estimate of drug-likeness (QED) is 0.814. The molecule has 21 heavy (non-hydrogen) atoms. The fourth-order valence-electron chi connectivity index (χ4n) is 2.52. The Morgan fingerprint density at radius 1 is 1.24 bits per heavy atom. The molecule has 1 aliphatic rings. The van der Waals surface area contributed by atoms with Crippen LogP contribution in [-0.2, 0) is 17.8 Å². The van der Waals surface area contributed by atoms with E-state index < -0.39 is 0 Å². The first kappa shape index (κ1) is 14.1. The highest BCUT2D eigenvalue weighted by Gasteiger charge is 2.19. The number of hydrogen-bond acceptors (Lipinski definition) is 2. The van der Waals surface area contributed by atoms with Crippen molar-refractivity contribution in [1.29, 1.82) is 0 Å². The van der Waals surface area contributed by atoms with E-state index in [1.807, 2.05) is 48.5 Å². The smallest absolute Gasteiger partial charge is 0.160 e.